The maximum Gasteiger partial charge on any atom is 0.344 e. The smallest absolute Gasteiger partial charge is 0.344 e. The standard InChI is InChI=1S/C17H12F2N2O4/c18-12-3-6-15(14(19)7-12)21-16(22)9-25-17(23)10-24-13-4-1-11(8-20)2-5-13/h1-7H,9-10H2,(H,21,22). The van der Waals surface area contributed by atoms with Crippen LogP contribution in [0.3, 0.4) is 0 Å². The van der Waals surface area contributed by atoms with Crippen LogP contribution in [0.1, 0.15) is 5.56 Å². The molecule has 8 heteroatoms. The van der Waals surface area contributed by atoms with E-state index in [4.69, 9.17) is 10.00 Å². The number of ether oxygens (including phenoxy) is 2. The Morgan fingerprint density at radius 2 is 1.80 bits per heavy atom. The lowest BCUT2D eigenvalue weighted by Gasteiger charge is -2.08. The summed E-state index contributed by atoms with van der Waals surface area (Å²) in [6, 6.07) is 10.7. The van der Waals surface area contributed by atoms with Gasteiger partial charge in [0.1, 0.15) is 17.4 Å². The number of carbonyl (C=O) groups excluding carboxylic acids is 2. The summed E-state index contributed by atoms with van der Waals surface area (Å²) in [6.07, 6.45) is 0. The van der Waals surface area contributed by atoms with Crippen LogP contribution in [0.15, 0.2) is 42.5 Å². The lowest BCUT2D eigenvalue weighted by molar-refractivity contribution is -0.149. The van der Waals surface area contributed by atoms with E-state index in [1.165, 1.54) is 24.3 Å². The summed E-state index contributed by atoms with van der Waals surface area (Å²) in [5, 5.41) is 10.8. The third-order valence-corrected chi connectivity index (χ3v) is 2.91. The second-order valence-corrected chi connectivity index (χ2v) is 4.76. The molecule has 1 N–H and O–H groups in total. The molecule has 0 saturated carbocycles. The van der Waals surface area contributed by atoms with Crippen molar-refractivity contribution in [1.82, 2.24) is 0 Å². The summed E-state index contributed by atoms with van der Waals surface area (Å²) in [6.45, 7) is -1.09. The molecule has 0 unspecified atom stereocenters. The number of rotatable bonds is 6. The van der Waals surface area contributed by atoms with Gasteiger partial charge >= 0.3 is 5.97 Å². The molecule has 1 amide bonds. The predicted molar refractivity (Wildman–Crippen MR) is 82.6 cm³/mol. The SMILES string of the molecule is N#Cc1ccc(OCC(=O)OCC(=O)Nc2ccc(F)cc2F)cc1. The first-order chi connectivity index (χ1) is 12.0. The van der Waals surface area contributed by atoms with Gasteiger partial charge in [0.25, 0.3) is 5.91 Å². The number of esters is 1. The normalized spacial score (nSPS) is 9.80. The molecule has 25 heavy (non-hydrogen) atoms. The highest BCUT2D eigenvalue weighted by Gasteiger charge is 2.11. The molecule has 0 aliphatic rings. The molecule has 0 fully saturated rings. The number of anilines is 1. The first kappa shape index (κ1) is 17.9. The zero-order valence-corrected chi connectivity index (χ0v) is 12.8. The fraction of sp³-hybridized carbons (Fsp3) is 0.118. The first-order valence-corrected chi connectivity index (χ1v) is 7.01. The van der Waals surface area contributed by atoms with Gasteiger partial charge in [-0.1, -0.05) is 0 Å². The number of hydrogen-bond acceptors (Lipinski definition) is 5. The Hall–Kier alpha value is -3.47. The number of nitriles is 1. The van der Waals surface area contributed by atoms with E-state index >= 15 is 0 Å². The molecule has 0 radical (unpaired) electrons. The molecular formula is C17H12F2N2O4. The average molecular weight is 346 g/mol. The highest BCUT2D eigenvalue weighted by Crippen LogP contribution is 2.15. The molecule has 0 aliphatic carbocycles. The van der Waals surface area contributed by atoms with Crippen molar-refractivity contribution >= 4 is 17.6 Å². The number of amides is 1. The third-order valence-electron chi connectivity index (χ3n) is 2.91. The van der Waals surface area contributed by atoms with Gasteiger partial charge in [0.2, 0.25) is 0 Å². The number of nitrogens with zero attached hydrogens (tertiary/aromatic N) is 1. The average Bonchev–Trinajstić information content (AvgIpc) is 2.61. The summed E-state index contributed by atoms with van der Waals surface area (Å²) < 4.78 is 35.9. The molecule has 2 aromatic rings. The van der Waals surface area contributed by atoms with E-state index in [9.17, 15) is 18.4 Å². The van der Waals surface area contributed by atoms with Gasteiger partial charge in [-0.25, -0.2) is 13.6 Å². The lowest BCUT2D eigenvalue weighted by Crippen LogP contribution is -2.24. The van der Waals surface area contributed by atoms with Crippen LogP contribution in [0.2, 0.25) is 0 Å². The van der Waals surface area contributed by atoms with Gasteiger partial charge in [-0.05, 0) is 36.4 Å². The van der Waals surface area contributed by atoms with Gasteiger partial charge in [-0.2, -0.15) is 5.26 Å². The fourth-order valence-corrected chi connectivity index (χ4v) is 1.73. The van der Waals surface area contributed by atoms with Crippen LogP contribution >= 0.6 is 0 Å². The molecule has 0 aromatic heterocycles. The molecule has 2 rings (SSSR count). The molecule has 128 valence electrons. The highest BCUT2D eigenvalue weighted by molar-refractivity contribution is 5.92. The molecule has 0 atom stereocenters. The van der Waals surface area contributed by atoms with Crippen LogP contribution in [0.25, 0.3) is 0 Å². The summed E-state index contributed by atoms with van der Waals surface area (Å²) >= 11 is 0. The van der Waals surface area contributed by atoms with Gasteiger partial charge in [-0.3, -0.25) is 4.79 Å². The molecule has 2 aromatic carbocycles. The van der Waals surface area contributed by atoms with E-state index in [0.717, 1.165) is 12.1 Å². The maximum atomic E-state index is 13.4. The quantitative estimate of drug-likeness (QED) is 0.812. The van der Waals surface area contributed by atoms with Gasteiger partial charge in [-0.15, -0.1) is 0 Å². The number of nitrogens with one attached hydrogen (secondary N) is 1. The Bertz CT molecular complexity index is 816. The zero-order chi connectivity index (χ0) is 18.2. The summed E-state index contributed by atoms with van der Waals surface area (Å²) in [5.74, 6) is -2.95. The fourth-order valence-electron chi connectivity index (χ4n) is 1.73. The van der Waals surface area contributed by atoms with Crippen molar-refractivity contribution in [2.24, 2.45) is 0 Å². The van der Waals surface area contributed by atoms with Crippen LogP contribution in [-0.2, 0) is 14.3 Å². The molecule has 0 aliphatic heterocycles. The summed E-state index contributed by atoms with van der Waals surface area (Å²) in [7, 11) is 0. The first-order valence-electron chi connectivity index (χ1n) is 7.01. The number of halogens is 2. The summed E-state index contributed by atoms with van der Waals surface area (Å²) in [4.78, 5) is 23.1. The maximum absolute atomic E-state index is 13.4. The van der Waals surface area contributed by atoms with Crippen LogP contribution < -0.4 is 10.1 Å². The van der Waals surface area contributed by atoms with Crippen molar-refractivity contribution < 1.29 is 27.8 Å². The van der Waals surface area contributed by atoms with E-state index in [-0.39, 0.29) is 5.69 Å². The molecule has 0 saturated heterocycles. The Morgan fingerprint density at radius 3 is 2.44 bits per heavy atom. The van der Waals surface area contributed by atoms with Gasteiger partial charge in [0, 0.05) is 6.07 Å². The van der Waals surface area contributed by atoms with E-state index in [1.807, 2.05) is 6.07 Å². The van der Waals surface area contributed by atoms with Gasteiger partial charge in [0.15, 0.2) is 13.2 Å². The monoisotopic (exact) mass is 346 g/mol. The Labute approximate surface area is 141 Å². The van der Waals surface area contributed by atoms with Crippen LogP contribution in [0.4, 0.5) is 14.5 Å². The van der Waals surface area contributed by atoms with Crippen molar-refractivity contribution in [1.29, 1.82) is 5.26 Å². The minimum absolute atomic E-state index is 0.226. The van der Waals surface area contributed by atoms with Crippen molar-refractivity contribution in [3.63, 3.8) is 0 Å². The minimum Gasteiger partial charge on any atom is -0.482 e. The molecule has 0 spiro atoms. The second kappa shape index (κ2) is 8.40. The number of benzene rings is 2. The Kier molecular flexibility index (Phi) is 6.01. The third kappa shape index (κ3) is 5.58. The van der Waals surface area contributed by atoms with E-state index < -0.39 is 36.7 Å². The largest absolute Gasteiger partial charge is 0.482 e. The highest BCUT2D eigenvalue weighted by atomic mass is 19.1. The van der Waals surface area contributed by atoms with E-state index in [0.29, 0.717) is 17.4 Å². The van der Waals surface area contributed by atoms with E-state index in [2.05, 4.69) is 10.1 Å². The van der Waals surface area contributed by atoms with Crippen molar-refractivity contribution in [2.45, 2.75) is 0 Å². The minimum atomic E-state index is -0.941. The molecule has 0 heterocycles. The van der Waals surface area contributed by atoms with Crippen LogP contribution in [0.5, 0.6) is 5.75 Å². The second-order valence-electron chi connectivity index (χ2n) is 4.76. The lowest BCUT2D eigenvalue weighted by atomic mass is 10.2. The van der Waals surface area contributed by atoms with Crippen molar-refractivity contribution in [2.75, 3.05) is 18.5 Å². The number of hydrogen-bond donors (Lipinski definition) is 1. The Morgan fingerprint density at radius 1 is 1.08 bits per heavy atom. The van der Waals surface area contributed by atoms with Crippen molar-refractivity contribution in [3.05, 3.63) is 59.7 Å². The van der Waals surface area contributed by atoms with Crippen LogP contribution in [0, 0.1) is 23.0 Å². The van der Waals surface area contributed by atoms with Crippen LogP contribution in [-0.4, -0.2) is 25.1 Å². The predicted octanol–water partition coefficient (Wildman–Crippen LogP) is 2.40. The zero-order valence-electron chi connectivity index (χ0n) is 12.8. The molecule has 0 bridgehead atoms. The molecule has 6 nitrogen and oxygen atoms in total. The van der Waals surface area contributed by atoms with Gasteiger partial charge < -0.3 is 14.8 Å². The van der Waals surface area contributed by atoms with Crippen molar-refractivity contribution in [3.8, 4) is 11.8 Å². The molecular weight excluding hydrogens is 334 g/mol. The summed E-state index contributed by atoms with van der Waals surface area (Å²) in [5.41, 5.74) is 0.218. The van der Waals surface area contributed by atoms with E-state index in [1.54, 1.807) is 0 Å². The van der Waals surface area contributed by atoms with Gasteiger partial charge in [0.05, 0.1) is 17.3 Å². The topological polar surface area (TPSA) is 88.4 Å². The Balaban J connectivity index is 1.75. The number of carbonyl (C=O) groups is 2.